The van der Waals surface area contributed by atoms with Gasteiger partial charge in [0.15, 0.2) is 11.5 Å². The predicted octanol–water partition coefficient (Wildman–Crippen LogP) is 3.33. The van der Waals surface area contributed by atoms with E-state index in [1.54, 1.807) is 38.5 Å². The number of aryl methyl sites for hydroxylation is 1. The maximum absolute atomic E-state index is 12.6. The van der Waals surface area contributed by atoms with Crippen LogP contribution in [0.4, 0.5) is 11.9 Å². The zero-order valence-electron chi connectivity index (χ0n) is 17.1. The van der Waals surface area contributed by atoms with E-state index in [0.717, 1.165) is 11.1 Å². The van der Waals surface area contributed by atoms with Crippen LogP contribution >= 0.6 is 0 Å². The number of hydrogen-bond donors (Lipinski definition) is 2. The van der Waals surface area contributed by atoms with Gasteiger partial charge in [0.25, 0.3) is 5.56 Å². The number of ether oxygens (including phenoxy) is 3. The molecule has 2 aromatic heterocycles. The van der Waals surface area contributed by atoms with E-state index >= 15 is 0 Å². The SMILES string of the molecule is CCOc1cccc2nc(Nc3nc(C)c4cc(OC)c(OC)cc4n3)[nH]c(=O)c12. The number of H-pyrrole nitrogens is 1. The summed E-state index contributed by atoms with van der Waals surface area (Å²) in [7, 11) is 3.14. The summed E-state index contributed by atoms with van der Waals surface area (Å²) in [4.78, 5) is 28.8. The molecule has 0 aliphatic carbocycles. The molecule has 30 heavy (non-hydrogen) atoms. The fourth-order valence-corrected chi connectivity index (χ4v) is 3.26. The molecular weight excluding hydrogens is 386 g/mol. The van der Waals surface area contributed by atoms with Crippen LogP contribution in [0, 0.1) is 6.92 Å². The van der Waals surface area contributed by atoms with E-state index in [1.807, 2.05) is 19.9 Å². The van der Waals surface area contributed by atoms with Crippen LogP contribution in [-0.4, -0.2) is 40.8 Å². The molecule has 2 heterocycles. The third-order valence-corrected chi connectivity index (χ3v) is 4.62. The van der Waals surface area contributed by atoms with E-state index in [4.69, 9.17) is 14.2 Å². The average molecular weight is 407 g/mol. The number of hydrogen-bond acceptors (Lipinski definition) is 8. The number of methoxy groups -OCH3 is 2. The van der Waals surface area contributed by atoms with E-state index in [-0.39, 0.29) is 11.5 Å². The summed E-state index contributed by atoms with van der Waals surface area (Å²) in [6.45, 7) is 4.18. The van der Waals surface area contributed by atoms with Crippen molar-refractivity contribution in [2.45, 2.75) is 13.8 Å². The van der Waals surface area contributed by atoms with Crippen molar-refractivity contribution in [3.63, 3.8) is 0 Å². The van der Waals surface area contributed by atoms with Gasteiger partial charge in [0, 0.05) is 11.5 Å². The molecule has 0 unspecified atom stereocenters. The van der Waals surface area contributed by atoms with E-state index < -0.39 is 0 Å². The van der Waals surface area contributed by atoms with Gasteiger partial charge in [-0.05, 0) is 32.0 Å². The molecule has 0 atom stereocenters. The van der Waals surface area contributed by atoms with Gasteiger partial charge < -0.3 is 14.2 Å². The highest BCUT2D eigenvalue weighted by Crippen LogP contribution is 2.33. The summed E-state index contributed by atoms with van der Waals surface area (Å²) in [6.07, 6.45) is 0. The van der Waals surface area contributed by atoms with Crippen molar-refractivity contribution in [3.8, 4) is 17.2 Å². The van der Waals surface area contributed by atoms with E-state index in [1.165, 1.54) is 0 Å². The second-order valence-electron chi connectivity index (χ2n) is 6.48. The highest BCUT2D eigenvalue weighted by Gasteiger charge is 2.13. The number of aromatic nitrogens is 4. The van der Waals surface area contributed by atoms with Crippen molar-refractivity contribution < 1.29 is 14.2 Å². The first-order valence-corrected chi connectivity index (χ1v) is 9.37. The first-order chi connectivity index (χ1) is 14.5. The minimum Gasteiger partial charge on any atom is -0.493 e. The van der Waals surface area contributed by atoms with Gasteiger partial charge in [-0.15, -0.1) is 0 Å². The molecule has 0 saturated carbocycles. The third kappa shape index (κ3) is 3.45. The van der Waals surface area contributed by atoms with Gasteiger partial charge in [-0.25, -0.2) is 15.0 Å². The molecule has 0 aliphatic heterocycles. The summed E-state index contributed by atoms with van der Waals surface area (Å²) >= 11 is 0. The second kappa shape index (κ2) is 7.86. The molecule has 4 rings (SSSR count). The Morgan fingerprint density at radius 1 is 1.00 bits per heavy atom. The zero-order chi connectivity index (χ0) is 21.3. The molecule has 0 saturated heterocycles. The van der Waals surface area contributed by atoms with Crippen LogP contribution in [0.15, 0.2) is 35.1 Å². The van der Waals surface area contributed by atoms with Gasteiger partial charge in [-0.1, -0.05) is 6.07 Å². The summed E-state index contributed by atoms with van der Waals surface area (Å²) in [5, 5.41) is 4.22. The minimum atomic E-state index is -0.310. The summed E-state index contributed by atoms with van der Waals surface area (Å²) in [5.41, 5.74) is 1.61. The van der Waals surface area contributed by atoms with Crippen molar-refractivity contribution in [1.82, 2.24) is 19.9 Å². The van der Waals surface area contributed by atoms with Crippen molar-refractivity contribution in [2.75, 3.05) is 26.1 Å². The number of benzene rings is 2. The minimum absolute atomic E-state index is 0.236. The Morgan fingerprint density at radius 2 is 1.77 bits per heavy atom. The zero-order valence-corrected chi connectivity index (χ0v) is 17.1. The van der Waals surface area contributed by atoms with E-state index in [0.29, 0.717) is 46.2 Å². The maximum Gasteiger partial charge on any atom is 0.263 e. The lowest BCUT2D eigenvalue weighted by Crippen LogP contribution is -2.13. The Labute approximate surface area is 172 Å². The Kier molecular flexibility index (Phi) is 5.09. The normalized spacial score (nSPS) is 10.9. The molecule has 9 heteroatoms. The van der Waals surface area contributed by atoms with Gasteiger partial charge >= 0.3 is 0 Å². The fraction of sp³-hybridized carbons (Fsp3) is 0.238. The molecule has 9 nitrogen and oxygen atoms in total. The largest absolute Gasteiger partial charge is 0.493 e. The van der Waals surface area contributed by atoms with E-state index in [2.05, 4.69) is 25.3 Å². The highest BCUT2D eigenvalue weighted by atomic mass is 16.5. The number of fused-ring (bicyclic) bond motifs is 2. The van der Waals surface area contributed by atoms with Crippen molar-refractivity contribution in [1.29, 1.82) is 0 Å². The predicted molar refractivity (Wildman–Crippen MR) is 114 cm³/mol. The van der Waals surface area contributed by atoms with Crippen LogP contribution in [0.3, 0.4) is 0 Å². The lowest BCUT2D eigenvalue weighted by atomic mass is 10.1. The third-order valence-electron chi connectivity index (χ3n) is 4.62. The molecule has 4 aromatic rings. The lowest BCUT2D eigenvalue weighted by Gasteiger charge is -2.12. The van der Waals surface area contributed by atoms with Crippen molar-refractivity contribution >= 4 is 33.7 Å². The molecule has 2 N–H and O–H groups in total. The van der Waals surface area contributed by atoms with Gasteiger partial charge in [0.2, 0.25) is 11.9 Å². The number of anilines is 2. The molecule has 0 radical (unpaired) electrons. The maximum atomic E-state index is 12.6. The standard InChI is InChI=1S/C21H21N5O4/c1-5-30-15-8-6-7-13-18(15)19(27)25-21(23-13)26-20-22-11(2)12-9-16(28-3)17(29-4)10-14(12)24-20/h6-10H,5H2,1-4H3,(H2,22,23,24,25,26,27). The van der Waals surface area contributed by atoms with Crippen LogP contribution in [-0.2, 0) is 0 Å². The highest BCUT2D eigenvalue weighted by molar-refractivity contribution is 5.87. The molecule has 0 fully saturated rings. The van der Waals surface area contributed by atoms with Crippen molar-refractivity contribution in [2.24, 2.45) is 0 Å². The van der Waals surface area contributed by atoms with Crippen LogP contribution in [0.5, 0.6) is 17.2 Å². The van der Waals surface area contributed by atoms with Gasteiger partial charge in [-0.3, -0.25) is 15.1 Å². The molecule has 0 amide bonds. The van der Waals surface area contributed by atoms with E-state index in [9.17, 15) is 4.79 Å². The van der Waals surface area contributed by atoms with Gasteiger partial charge in [0.05, 0.1) is 37.6 Å². The summed E-state index contributed by atoms with van der Waals surface area (Å²) in [6, 6.07) is 8.90. The number of aromatic amines is 1. The number of nitrogens with zero attached hydrogens (tertiary/aromatic N) is 3. The smallest absolute Gasteiger partial charge is 0.263 e. The van der Waals surface area contributed by atoms with Gasteiger partial charge in [0.1, 0.15) is 11.1 Å². The Morgan fingerprint density at radius 3 is 2.50 bits per heavy atom. The van der Waals surface area contributed by atoms with Crippen molar-refractivity contribution in [3.05, 3.63) is 46.4 Å². The molecular formula is C21H21N5O4. The second-order valence-corrected chi connectivity index (χ2v) is 6.48. The fourth-order valence-electron chi connectivity index (χ4n) is 3.26. The van der Waals surface area contributed by atoms with Crippen LogP contribution in [0.25, 0.3) is 21.8 Å². The molecule has 0 spiro atoms. The molecule has 2 aromatic carbocycles. The first-order valence-electron chi connectivity index (χ1n) is 9.37. The number of rotatable bonds is 6. The molecule has 0 bridgehead atoms. The van der Waals surface area contributed by atoms with Crippen LogP contribution < -0.4 is 25.1 Å². The lowest BCUT2D eigenvalue weighted by molar-refractivity contribution is 0.344. The Bertz CT molecular complexity index is 1300. The average Bonchev–Trinajstić information content (AvgIpc) is 2.73. The van der Waals surface area contributed by atoms with Crippen LogP contribution in [0.2, 0.25) is 0 Å². The Balaban J connectivity index is 1.77. The molecule has 154 valence electrons. The van der Waals surface area contributed by atoms with Gasteiger partial charge in [-0.2, -0.15) is 0 Å². The topological polar surface area (TPSA) is 111 Å². The Hall–Kier alpha value is -3.88. The molecule has 0 aliphatic rings. The summed E-state index contributed by atoms with van der Waals surface area (Å²) < 4.78 is 16.2. The van der Waals surface area contributed by atoms with Crippen LogP contribution in [0.1, 0.15) is 12.6 Å². The quantitative estimate of drug-likeness (QED) is 0.501. The monoisotopic (exact) mass is 407 g/mol. The number of nitrogens with one attached hydrogen (secondary N) is 2. The summed E-state index contributed by atoms with van der Waals surface area (Å²) in [5.74, 6) is 2.20. The first kappa shape index (κ1) is 19.4.